The number of hydrogen-bond acceptors (Lipinski definition) is 2. The highest BCUT2D eigenvalue weighted by Crippen LogP contribution is 2.25. The first-order chi connectivity index (χ1) is 5.84. The van der Waals surface area contributed by atoms with Gasteiger partial charge in [-0.15, -0.1) is 23.4 Å². The fraction of sp³-hybridized carbons (Fsp3) is 0.375. The van der Waals surface area contributed by atoms with Crippen LogP contribution in [-0.2, 0) is 0 Å². The Balaban J connectivity index is 2.46. The number of pyridine rings is 1. The molecule has 0 saturated carbocycles. The molecule has 1 nitrogen and oxygen atoms in total. The molecule has 0 fully saturated rings. The van der Waals surface area contributed by atoms with E-state index < -0.39 is 0 Å². The van der Waals surface area contributed by atoms with Crippen LogP contribution in [0.2, 0.25) is 5.02 Å². The van der Waals surface area contributed by atoms with Crippen molar-refractivity contribution < 1.29 is 0 Å². The van der Waals surface area contributed by atoms with Gasteiger partial charge in [0.25, 0.3) is 0 Å². The molecular weight excluding hydrogens is 213 g/mol. The molecule has 1 heterocycles. The third kappa shape index (κ3) is 3.21. The molecule has 1 rings (SSSR count). The molecule has 0 saturated heterocycles. The van der Waals surface area contributed by atoms with E-state index in [4.69, 9.17) is 23.2 Å². The van der Waals surface area contributed by atoms with Gasteiger partial charge in [-0.2, -0.15) is 0 Å². The van der Waals surface area contributed by atoms with Crippen LogP contribution in [0.5, 0.6) is 0 Å². The summed E-state index contributed by atoms with van der Waals surface area (Å²) in [6.45, 7) is 0. The summed E-state index contributed by atoms with van der Waals surface area (Å²) >= 11 is 13.2. The maximum absolute atomic E-state index is 5.89. The van der Waals surface area contributed by atoms with Crippen molar-refractivity contribution in [1.82, 2.24) is 4.98 Å². The van der Waals surface area contributed by atoms with Crippen molar-refractivity contribution in [2.24, 2.45) is 0 Å². The van der Waals surface area contributed by atoms with E-state index in [0.717, 1.165) is 22.1 Å². The molecule has 12 heavy (non-hydrogen) atoms. The van der Waals surface area contributed by atoms with Crippen LogP contribution in [0.4, 0.5) is 0 Å². The molecular formula is C8H9Cl2NS. The number of hydrogen-bond donors (Lipinski definition) is 0. The van der Waals surface area contributed by atoms with E-state index in [0.29, 0.717) is 5.88 Å². The molecule has 0 amide bonds. The Morgan fingerprint density at radius 1 is 1.50 bits per heavy atom. The van der Waals surface area contributed by atoms with Gasteiger partial charge in [-0.05, 0) is 18.2 Å². The zero-order valence-corrected chi connectivity index (χ0v) is 8.79. The van der Waals surface area contributed by atoms with Crippen LogP contribution in [0, 0.1) is 0 Å². The Hall–Kier alpha value is 0.0800. The van der Waals surface area contributed by atoms with E-state index in [9.17, 15) is 0 Å². The van der Waals surface area contributed by atoms with Crippen LogP contribution in [-0.4, -0.2) is 16.6 Å². The van der Waals surface area contributed by atoms with Crippen LogP contribution in [0.15, 0.2) is 23.4 Å². The van der Waals surface area contributed by atoms with E-state index in [1.165, 1.54) is 0 Å². The van der Waals surface area contributed by atoms with Crippen LogP contribution in [0.3, 0.4) is 0 Å². The third-order valence-electron chi connectivity index (χ3n) is 1.27. The summed E-state index contributed by atoms with van der Waals surface area (Å²) in [4.78, 5) is 4.98. The predicted octanol–water partition coefficient (Wildman–Crippen LogP) is 3.46. The molecule has 1 aromatic heterocycles. The molecule has 66 valence electrons. The quantitative estimate of drug-likeness (QED) is 0.439. The zero-order valence-electron chi connectivity index (χ0n) is 6.46. The number of rotatable bonds is 4. The summed E-state index contributed by atoms with van der Waals surface area (Å²) in [5.74, 6) is 1.71. The maximum Gasteiger partial charge on any atom is 0.0725 e. The Kier molecular flexibility index (Phi) is 4.81. The number of thioether (sulfide) groups is 1. The van der Waals surface area contributed by atoms with E-state index in [2.05, 4.69) is 4.98 Å². The average molecular weight is 222 g/mol. The van der Waals surface area contributed by atoms with Crippen molar-refractivity contribution in [1.29, 1.82) is 0 Å². The molecule has 0 aliphatic carbocycles. The molecule has 0 bridgehead atoms. The SMILES string of the molecule is ClCCCSc1ccncc1Cl. The van der Waals surface area contributed by atoms with Gasteiger partial charge in [-0.25, -0.2) is 0 Å². The fourth-order valence-electron chi connectivity index (χ4n) is 0.716. The number of aromatic nitrogens is 1. The Bertz CT molecular complexity index is 242. The molecule has 0 aromatic carbocycles. The normalized spacial score (nSPS) is 10.2. The van der Waals surface area contributed by atoms with Gasteiger partial charge >= 0.3 is 0 Å². The molecule has 0 N–H and O–H groups in total. The van der Waals surface area contributed by atoms with Gasteiger partial charge in [0.15, 0.2) is 0 Å². The van der Waals surface area contributed by atoms with Crippen molar-refractivity contribution in [2.45, 2.75) is 11.3 Å². The van der Waals surface area contributed by atoms with E-state index in [-0.39, 0.29) is 0 Å². The van der Waals surface area contributed by atoms with Crippen LogP contribution >= 0.6 is 35.0 Å². The molecule has 0 radical (unpaired) electrons. The molecule has 4 heteroatoms. The first-order valence-electron chi connectivity index (χ1n) is 3.63. The lowest BCUT2D eigenvalue weighted by Gasteiger charge is -2.00. The van der Waals surface area contributed by atoms with E-state index in [1.54, 1.807) is 24.2 Å². The second kappa shape index (κ2) is 5.68. The van der Waals surface area contributed by atoms with Gasteiger partial charge in [0.2, 0.25) is 0 Å². The monoisotopic (exact) mass is 221 g/mol. The number of halogens is 2. The van der Waals surface area contributed by atoms with E-state index >= 15 is 0 Å². The maximum atomic E-state index is 5.89. The van der Waals surface area contributed by atoms with Gasteiger partial charge < -0.3 is 0 Å². The Morgan fingerprint density at radius 2 is 2.33 bits per heavy atom. The van der Waals surface area contributed by atoms with Crippen molar-refractivity contribution in [3.05, 3.63) is 23.5 Å². The topological polar surface area (TPSA) is 12.9 Å². The highest BCUT2D eigenvalue weighted by Gasteiger charge is 1.98. The molecule has 1 aromatic rings. The van der Waals surface area contributed by atoms with Gasteiger partial charge in [-0.3, -0.25) is 4.98 Å². The molecule has 0 spiro atoms. The number of alkyl halides is 1. The Labute approximate surface area is 86.5 Å². The van der Waals surface area contributed by atoms with Crippen LogP contribution in [0.25, 0.3) is 0 Å². The van der Waals surface area contributed by atoms with Crippen molar-refractivity contribution >= 4 is 35.0 Å². The average Bonchev–Trinajstić information content (AvgIpc) is 2.09. The van der Waals surface area contributed by atoms with Gasteiger partial charge in [-0.1, -0.05) is 11.6 Å². The molecule has 0 aliphatic rings. The van der Waals surface area contributed by atoms with Gasteiger partial charge in [0.1, 0.15) is 0 Å². The minimum Gasteiger partial charge on any atom is -0.263 e. The summed E-state index contributed by atoms with van der Waals surface area (Å²) in [6.07, 6.45) is 4.41. The molecule has 0 unspecified atom stereocenters. The second-order valence-electron chi connectivity index (χ2n) is 2.20. The summed E-state index contributed by atoms with van der Waals surface area (Å²) in [5, 5.41) is 0.720. The first kappa shape index (κ1) is 10.2. The van der Waals surface area contributed by atoms with Crippen molar-refractivity contribution in [3.63, 3.8) is 0 Å². The lowest BCUT2D eigenvalue weighted by atomic mass is 10.5. The number of nitrogens with zero attached hydrogens (tertiary/aromatic N) is 1. The van der Waals surface area contributed by atoms with Crippen molar-refractivity contribution in [2.75, 3.05) is 11.6 Å². The van der Waals surface area contributed by atoms with Crippen LogP contribution in [0.1, 0.15) is 6.42 Å². The largest absolute Gasteiger partial charge is 0.263 e. The highest BCUT2D eigenvalue weighted by molar-refractivity contribution is 7.99. The summed E-state index contributed by atoms with van der Waals surface area (Å²) < 4.78 is 0. The lowest BCUT2D eigenvalue weighted by Crippen LogP contribution is -1.82. The zero-order chi connectivity index (χ0) is 8.81. The highest BCUT2D eigenvalue weighted by atomic mass is 35.5. The van der Waals surface area contributed by atoms with Crippen molar-refractivity contribution in [3.8, 4) is 0 Å². The summed E-state index contributed by atoms with van der Waals surface area (Å²) in [6, 6.07) is 1.92. The van der Waals surface area contributed by atoms with Gasteiger partial charge in [0.05, 0.1) is 5.02 Å². The first-order valence-corrected chi connectivity index (χ1v) is 5.52. The second-order valence-corrected chi connectivity index (χ2v) is 4.12. The smallest absolute Gasteiger partial charge is 0.0725 e. The van der Waals surface area contributed by atoms with Gasteiger partial charge in [0, 0.05) is 23.2 Å². The predicted molar refractivity (Wildman–Crippen MR) is 55.3 cm³/mol. The summed E-state index contributed by atoms with van der Waals surface area (Å²) in [5.41, 5.74) is 0. The summed E-state index contributed by atoms with van der Waals surface area (Å²) in [7, 11) is 0. The minimum absolute atomic E-state index is 0.704. The molecule has 0 atom stereocenters. The standard InChI is InChI=1S/C8H9Cl2NS/c9-3-1-5-12-8-2-4-11-6-7(8)10/h2,4,6H,1,3,5H2. The molecule has 0 aliphatic heterocycles. The fourth-order valence-corrected chi connectivity index (χ4v) is 2.15. The lowest BCUT2D eigenvalue weighted by molar-refractivity contribution is 1.11. The van der Waals surface area contributed by atoms with Crippen LogP contribution < -0.4 is 0 Å². The van der Waals surface area contributed by atoms with E-state index in [1.807, 2.05) is 6.07 Å². The Morgan fingerprint density at radius 3 is 3.00 bits per heavy atom. The minimum atomic E-state index is 0.704. The third-order valence-corrected chi connectivity index (χ3v) is 3.11.